The lowest BCUT2D eigenvalue weighted by Gasteiger charge is -2.36. The van der Waals surface area contributed by atoms with Gasteiger partial charge in [-0.1, -0.05) is 17.9 Å². The summed E-state index contributed by atoms with van der Waals surface area (Å²) in [5.41, 5.74) is 2.10. The summed E-state index contributed by atoms with van der Waals surface area (Å²) in [5, 5.41) is 16.5. The van der Waals surface area contributed by atoms with Crippen LogP contribution in [0.3, 0.4) is 0 Å². The number of aliphatic carboxylic acids is 1. The average Bonchev–Trinajstić information content (AvgIpc) is 3.38. The van der Waals surface area contributed by atoms with Crippen LogP contribution >= 0.6 is 11.3 Å². The highest BCUT2D eigenvalue weighted by Gasteiger charge is 2.34. The standard InChI is InChI=1S/C27H31N3O3S/c1-28-25(22-11-13-29-26-10-8-20(33-2)17-23(22)26)9-7-19-12-15-30(18-24(19)27(31)32)14-3-5-21-6-4-16-34-21/h4,6,8,10-11,13,16-17,19,24-25,28H,7,9,12,14-15,18H2,1-2H3,(H,31,32)/t19-,24+,25?/m1/s1. The van der Waals surface area contributed by atoms with Gasteiger partial charge in [-0.05, 0) is 80.0 Å². The van der Waals surface area contributed by atoms with Gasteiger partial charge >= 0.3 is 5.97 Å². The summed E-state index contributed by atoms with van der Waals surface area (Å²) in [7, 11) is 3.62. The summed E-state index contributed by atoms with van der Waals surface area (Å²) in [6.45, 7) is 2.05. The Balaban J connectivity index is 1.41. The largest absolute Gasteiger partial charge is 0.497 e. The number of likely N-dealkylation sites (tertiary alicyclic amines) is 1. The first-order chi connectivity index (χ1) is 16.6. The molecule has 3 atom stereocenters. The first kappa shape index (κ1) is 24.2. The lowest BCUT2D eigenvalue weighted by atomic mass is 9.81. The van der Waals surface area contributed by atoms with Crippen LogP contribution in [0.5, 0.6) is 5.75 Å². The van der Waals surface area contributed by atoms with Gasteiger partial charge in [0.05, 0.1) is 30.0 Å². The number of aromatic nitrogens is 1. The molecule has 0 bridgehead atoms. The summed E-state index contributed by atoms with van der Waals surface area (Å²) in [6.07, 6.45) is 4.42. The summed E-state index contributed by atoms with van der Waals surface area (Å²) in [6, 6.07) is 12.1. The van der Waals surface area contributed by atoms with E-state index < -0.39 is 5.97 Å². The van der Waals surface area contributed by atoms with Crippen molar-refractivity contribution in [1.82, 2.24) is 15.2 Å². The lowest BCUT2D eigenvalue weighted by Crippen LogP contribution is -2.44. The molecule has 3 aromatic rings. The third kappa shape index (κ3) is 5.76. The first-order valence-corrected chi connectivity index (χ1v) is 12.5. The molecule has 1 fully saturated rings. The molecular weight excluding hydrogens is 446 g/mol. The number of benzene rings is 1. The Morgan fingerprint density at radius 1 is 1.38 bits per heavy atom. The highest BCUT2D eigenvalue weighted by molar-refractivity contribution is 7.10. The monoisotopic (exact) mass is 477 g/mol. The van der Waals surface area contributed by atoms with Crippen LogP contribution in [0.2, 0.25) is 0 Å². The van der Waals surface area contributed by atoms with E-state index in [4.69, 9.17) is 4.74 Å². The number of carboxylic acids is 1. The number of piperidine rings is 1. The van der Waals surface area contributed by atoms with Crippen LogP contribution in [-0.4, -0.2) is 54.8 Å². The molecule has 2 aromatic heterocycles. The van der Waals surface area contributed by atoms with Gasteiger partial charge in [0.2, 0.25) is 0 Å². The van der Waals surface area contributed by atoms with E-state index in [1.54, 1.807) is 18.4 Å². The smallest absolute Gasteiger partial charge is 0.308 e. The average molecular weight is 478 g/mol. The maximum atomic E-state index is 12.1. The zero-order chi connectivity index (χ0) is 23.9. The Bertz CT molecular complexity index is 1170. The third-order valence-electron chi connectivity index (χ3n) is 6.73. The highest BCUT2D eigenvalue weighted by Crippen LogP contribution is 2.33. The molecule has 1 aliphatic rings. The lowest BCUT2D eigenvalue weighted by molar-refractivity contribution is -0.146. The Hall–Kier alpha value is -2.92. The topological polar surface area (TPSA) is 74.7 Å². The number of hydrogen-bond donors (Lipinski definition) is 2. The number of ether oxygens (including phenoxy) is 1. The minimum atomic E-state index is -0.707. The van der Waals surface area contributed by atoms with Gasteiger partial charge in [-0.2, -0.15) is 0 Å². The van der Waals surface area contributed by atoms with Crippen molar-refractivity contribution in [2.75, 3.05) is 33.8 Å². The molecule has 0 saturated carbocycles. The molecular formula is C27H31N3O3S. The van der Waals surface area contributed by atoms with E-state index in [1.165, 1.54) is 5.56 Å². The minimum absolute atomic E-state index is 0.113. The molecule has 1 unspecified atom stereocenters. The van der Waals surface area contributed by atoms with Crippen molar-refractivity contribution in [2.45, 2.75) is 25.3 Å². The Morgan fingerprint density at radius 2 is 2.26 bits per heavy atom. The van der Waals surface area contributed by atoms with Gasteiger partial charge in [0.15, 0.2) is 0 Å². The zero-order valence-corrected chi connectivity index (χ0v) is 20.5. The number of methoxy groups -OCH3 is 1. The molecule has 0 radical (unpaired) electrons. The van der Waals surface area contributed by atoms with Gasteiger partial charge in [-0.25, -0.2) is 0 Å². The Morgan fingerprint density at radius 3 is 3.00 bits per heavy atom. The van der Waals surface area contributed by atoms with E-state index in [0.29, 0.717) is 13.1 Å². The summed E-state index contributed by atoms with van der Waals surface area (Å²) < 4.78 is 5.42. The number of pyridine rings is 1. The summed E-state index contributed by atoms with van der Waals surface area (Å²) in [4.78, 5) is 19.8. The maximum absolute atomic E-state index is 12.1. The van der Waals surface area contributed by atoms with Crippen LogP contribution in [0.15, 0.2) is 48.0 Å². The van der Waals surface area contributed by atoms with Gasteiger partial charge in [0.1, 0.15) is 5.75 Å². The second kappa shape index (κ2) is 11.5. The molecule has 0 amide bonds. The number of nitrogens with zero attached hydrogens (tertiary/aromatic N) is 2. The van der Waals surface area contributed by atoms with E-state index in [1.807, 2.05) is 55.0 Å². The van der Waals surface area contributed by atoms with E-state index in [0.717, 1.165) is 47.3 Å². The quantitative estimate of drug-likeness (QED) is 0.468. The van der Waals surface area contributed by atoms with E-state index in [9.17, 15) is 9.90 Å². The van der Waals surface area contributed by atoms with Crippen molar-refractivity contribution < 1.29 is 14.6 Å². The molecule has 34 heavy (non-hydrogen) atoms. The fourth-order valence-corrected chi connectivity index (χ4v) is 5.43. The van der Waals surface area contributed by atoms with Gasteiger partial charge in [0, 0.05) is 24.2 Å². The van der Waals surface area contributed by atoms with Crippen molar-refractivity contribution in [3.05, 3.63) is 58.4 Å². The zero-order valence-electron chi connectivity index (χ0n) is 19.7. The van der Waals surface area contributed by atoms with E-state index >= 15 is 0 Å². The predicted molar refractivity (Wildman–Crippen MR) is 136 cm³/mol. The highest BCUT2D eigenvalue weighted by atomic mass is 32.1. The molecule has 3 heterocycles. The van der Waals surface area contributed by atoms with Crippen molar-refractivity contribution in [3.63, 3.8) is 0 Å². The van der Waals surface area contributed by atoms with Crippen LogP contribution < -0.4 is 10.1 Å². The van der Waals surface area contributed by atoms with Crippen molar-refractivity contribution in [1.29, 1.82) is 0 Å². The molecule has 178 valence electrons. The van der Waals surface area contributed by atoms with Crippen molar-refractivity contribution in [2.24, 2.45) is 11.8 Å². The second-order valence-electron chi connectivity index (χ2n) is 8.71. The van der Waals surface area contributed by atoms with Crippen molar-refractivity contribution in [3.8, 4) is 17.6 Å². The Labute approximate surface area is 205 Å². The molecule has 0 aliphatic carbocycles. The van der Waals surface area contributed by atoms with Crippen molar-refractivity contribution >= 4 is 28.2 Å². The Kier molecular flexibility index (Phi) is 8.17. The molecule has 4 rings (SSSR count). The number of carboxylic acid groups (broad SMARTS) is 1. The molecule has 2 N–H and O–H groups in total. The van der Waals surface area contributed by atoms with Gasteiger partial charge < -0.3 is 15.2 Å². The first-order valence-electron chi connectivity index (χ1n) is 11.7. The summed E-state index contributed by atoms with van der Waals surface area (Å²) >= 11 is 1.62. The molecule has 0 spiro atoms. The number of rotatable bonds is 8. The van der Waals surface area contributed by atoms with Gasteiger partial charge in [0.25, 0.3) is 0 Å². The van der Waals surface area contributed by atoms with Crippen LogP contribution in [0.4, 0.5) is 0 Å². The normalized spacial score (nSPS) is 19.4. The SMILES string of the molecule is CNC(CC[C@@H]1CCN(CC#Cc2cccs2)C[C@@H]1C(=O)O)c1ccnc2ccc(OC)cc12. The van der Waals surface area contributed by atoms with Gasteiger partial charge in [-0.15, -0.1) is 11.3 Å². The van der Waals surface area contributed by atoms with Crippen LogP contribution in [0.1, 0.15) is 35.7 Å². The minimum Gasteiger partial charge on any atom is -0.497 e. The molecule has 1 aromatic carbocycles. The number of thiophene rings is 1. The molecule has 1 saturated heterocycles. The second-order valence-corrected chi connectivity index (χ2v) is 9.66. The number of fused-ring (bicyclic) bond motifs is 1. The fourth-order valence-electron chi connectivity index (χ4n) is 4.84. The molecule has 6 nitrogen and oxygen atoms in total. The van der Waals surface area contributed by atoms with Crippen LogP contribution in [0, 0.1) is 23.7 Å². The third-order valence-corrected chi connectivity index (χ3v) is 7.51. The number of carbonyl (C=O) groups is 1. The van der Waals surface area contributed by atoms with Crippen LogP contribution in [0.25, 0.3) is 10.9 Å². The van der Waals surface area contributed by atoms with Gasteiger partial charge in [-0.3, -0.25) is 14.7 Å². The molecule has 1 aliphatic heterocycles. The number of hydrogen-bond acceptors (Lipinski definition) is 6. The fraction of sp³-hybridized carbons (Fsp3) is 0.407. The van der Waals surface area contributed by atoms with Crippen LogP contribution in [-0.2, 0) is 4.79 Å². The van der Waals surface area contributed by atoms with E-state index in [-0.39, 0.29) is 17.9 Å². The molecule has 7 heteroatoms. The predicted octanol–water partition coefficient (Wildman–Crippen LogP) is 4.42. The maximum Gasteiger partial charge on any atom is 0.308 e. The summed E-state index contributed by atoms with van der Waals surface area (Å²) in [5.74, 6) is 6.25. The number of nitrogens with one attached hydrogen (secondary N) is 1. The van der Waals surface area contributed by atoms with E-state index in [2.05, 4.69) is 27.0 Å².